The van der Waals surface area contributed by atoms with E-state index in [0.717, 1.165) is 77.0 Å². The van der Waals surface area contributed by atoms with Crippen LogP contribution in [0.4, 0.5) is 0 Å². The largest absolute Gasteiger partial charge is 0.472 e. The first kappa shape index (κ1) is 63.0. The van der Waals surface area contributed by atoms with Gasteiger partial charge in [-0.15, -0.1) is 0 Å². The Hall–Kier alpha value is -3.04. The minimum atomic E-state index is -4.80. The Morgan fingerprint density at radius 3 is 1.20 bits per heavy atom. The number of rotatable bonds is 44. The summed E-state index contributed by atoms with van der Waals surface area (Å²) >= 11 is 0. The van der Waals surface area contributed by atoms with Crippen LogP contribution in [-0.4, -0.2) is 95.0 Å². The number of aliphatic hydroxyl groups is 3. The molecule has 66 heavy (non-hydrogen) atoms. The van der Waals surface area contributed by atoms with Crippen molar-refractivity contribution in [1.82, 2.24) is 0 Å². The fourth-order valence-electron chi connectivity index (χ4n) is 5.47. The summed E-state index contributed by atoms with van der Waals surface area (Å²) in [4.78, 5) is 43.7. The number of unbranched alkanes of at least 4 members (excludes halogenated alkanes) is 12. The van der Waals surface area contributed by atoms with E-state index >= 15 is 0 Å². The van der Waals surface area contributed by atoms with E-state index in [2.05, 4.69) is 74.5 Å². The summed E-state index contributed by atoms with van der Waals surface area (Å²) in [6.45, 7) is 0.149. The average molecular weight is 973 g/mol. The zero-order chi connectivity index (χ0) is 48.8. The maximum absolute atomic E-state index is 12.2. The van der Waals surface area contributed by atoms with E-state index in [9.17, 15) is 43.8 Å². The summed E-state index contributed by atoms with van der Waals surface area (Å²) < 4.78 is 52.9. The molecule has 5 unspecified atom stereocenters. The molecule has 0 bridgehead atoms. The first-order valence-electron chi connectivity index (χ1n) is 23.7. The highest BCUT2D eigenvalue weighted by atomic mass is 31.2. The molecule has 0 aliphatic rings. The van der Waals surface area contributed by atoms with Crippen molar-refractivity contribution in [1.29, 1.82) is 0 Å². The van der Waals surface area contributed by atoms with Crippen molar-refractivity contribution in [3.05, 3.63) is 97.2 Å². The maximum atomic E-state index is 12.2. The highest BCUT2D eigenvalue weighted by Crippen LogP contribution is 2.45. The first-order valence-corrected chi connectivity index (χ1v) is 26.6. The molecule has 0 aromatic heterocycles. The van der Waals surface area contributed by atoms with Crippen LogP contribution in [0.3, 0.4) is 0 Å². The van der Waals surface area contributed by atoms with E-state index in [1.54, 1.807) is 0 Å². The molecule has 15 nitrogen and oxygen atoms in total. The Balaban J connectivity index is 3.96. The third kappa shape index (κ3) is 46.1. The van der Waals surface area contributed by atoms with Crippen molar-refractivity contribution in [3.8, 4) is 0 Å². The van der Waals surface area contributed by atoms with Crippen molar-refractivity contribution in [3.63, 3.8) is 0 Å². The fraction of sp³-hybridized carbons (Fsp3) is 0.633. The molecule has 0 fully saturated rings. The van der Waals surface area contributed by atoms with E-state index in [4.69, 9.17) is 9.47 Å². The lowest BCUT2D eigenvalue weighted by Crippen LogP contribution is -2.25. The third-order valence-electron chi connectivity index (χ3n) is 9.15. The fourth-order valence-corrected chi connectivity index (χ4v) is 7.06. The van der Waals surface area contributed by atoms with Crippen LogP contribution in [0.2, 0.25) is 0 Å². The van der Waals surface area contributed by atoms with E-state index in [-0.39, 0.29) is 12.8 Å². The Kier molecular flexibility index (Phi) is 42.4. The number of hydrogen-bond acceptors (Lipinski definition) is 13. The van der Waals surface area contributed by atoms with Gasteiger partial charge in [-0.1, -0.05) is 156 Å². The van der Waals surface area contributed by atoms with Crippen LogP contribution in [0.1, 0.15) is 142 Å². The van der Waals surface area contributed by atoms with Gasteiger partial charge in [-0.2, -0.15) is 0 Å². The van der Waals surface area contributed by atoms with Crippen LogP contribution in [0.15, 0.2) is 97.2 Å². The number of ether oxygens (including phenoxy) is 2. The first-order chi connectivity index (χ1) is 31.8. The van der Waals surface area contributed by atoms with E-state index < -0.39 is 85.5 Å². The predicted octanol–water partition coefficient (Wildman–Crippen LogP) is 10.7. The normalized spacial score (nSPS) is 15.9. The molecule has 0 spiro atoms. The van der Waals surface area contributed by atoms with Crippen LogP contribution in [0, 0.1) is 0 Å². The van der Waals surface area contributed by atoms with Gasteiger partial charge in [0.25, 0.3) is 0 Å². The topological polar surface area (TPSA) is 225 Å². The zero-order valence-electron chi connectivity index (χ0n) is 39.6. The van der Waals surface area contributed by atoms with Crippen molar-refractivity contribution in [2.24, 2.45) is 0 Å². The molecule has 0 aliphatic carbocycles. The second-order valence-electron chi connectivity index (χ2n) is 15.5. The number of aliphatic hydroxyl groups excluding tert-OH is 3. The molecule has 0 aromatic rings. The van der Waals surface area contributed by atoms with E-state index in [1.807, 2.05) is 54.7 Å². The van der Waals surface area contributed by atoms with Gasteiger partial charge in [0.15, 0.2) is 0 Å². The Morgan fingerprint density at radius 2 is 0.758 bits per heavy atom. The van der Waals surface area contributed by atoms with E-state index in [1.165, 1.54) is 25.7 Å². The number of carbonyl (C=O) groups is 2. The van der Waals surface area contributed by atoms with Gasteiger partial charge >= 0.3 is 27.6 Å². The standard InChI is InChI=1S/C49H82O15P2/c1-3-5-7-9-11-13-15-17-19-20-21-22-24-26-28-30-32-34-36-38-49(54)60-40-46(51)42-62-66(57,58)64-44-47(52)43-63-65(55,56)61-41-45(50)39-59-48(53)37-35-33-31-29-27-25-23-18-16-14-12-10-8-6-4-2/h6,8,10-14,16-19,21-23,25,27,45-47,50-52H,3-5,7,9,15,20,24,26,28-44H2,1-2H3,(H,55,56)(H,57,58)/b8-6+,12-10+,13-11-,16-14-,19-17-,22-21-,23-18-,27-25+. The minimum Gasteiger partial charge on any atom is -0.463 e. The van der Waals surface area contributed by atoms with Gasteiger partial charge in [0.1, 0.15) is 31.5 Å². The molecule has 0 aliphatic heterocycles. The molecule has 17 heteroatoms. The molecule has 5 atom stereocenters. The highest BCUT2D eigenvalue weighted by Gasteiger charge is 2.28. The average Bonchev–Trinajstić information content (AvgIpc) is 3.29. The lowest BCUT2D eigenvalue weighted by Gasteiger charge is -2.19. The summed E-state index contributed by atoms with van der Waals surface area (Å²) in [7, 11) is -9.60. The predicted molar refractivity (Wildman–Crippen MR) is 260 cm³/mol. The minimum absolute atomic E-state index is 0.142. The molecule has 0 rings (SSSR count). The number of phosphoric ester groups is 2. The zero-order valence-corrected chi connectivity index (χ0v) is 41.4. The van der Waals surface area contributed by atoms with E-state index in [0.29, 0.717) is 12.8 Å². The number of hydrogen-bond donors (Lipinski definition) is 5. The smallest absolute Gasteiger partial charge is 0.463 e. The SMILES string of the molecule is CC/C=C/C=C/C=C\C=C/C=C/CCCCCC(=O)OCC(O)COP(=O)(O)OCC(O)COP(=O)(O)OCC(O)COC(=O)CCCCCCCC/C=C\C/C=C\C/C=C\CCCCC. The van der Waals surface area contributed by atoms with Crippen LogP contribution in [0.25, 0.3) is 0 Å². The Bertz CT molecular complexity index is 1550. The third-order valence-corrected chi connectivity index (χ3v) is 11.1. The molecular weight excluding hydrogens is 890 g/mol. The number of phosphoric acid groups is 2. The molecular formula is C49H82O15P2. The summed E-state index contributed by atoms with van der Waals surface area (Å²) in [6.07, 6.45) is 46.8. The van der Waals surface area contributed by atoms with Crippen molar-refractivity contribution in [2.75, 3.05) is 39.6 Å². The lowest BCUT2D eigenvalue weighted by molar-refractivity contribution is -0.148. The molecule has 0 radical (unpaired) electrons. The van der Waals surface area contributed by atoms with Crippen molar-refractivity contribution >= 4 is 27.6 Å². The monoisotopic (exact) mass is 973 g/mol. The van der Waals surface area contributed by atoms with Crippen LogP contribution in [-0.2, 0) is 46.3 Å². The van der Waals surface area contributed by atoms with Crippen LogP contribution in [0.5, 0.6) is 0 Å². The molecule has 0 heterocycles. The molecule has 378 valence electrons. The van der Waals surface area contributed by atoms with Gasteiger partial charge < -0.3 is 34.6 Å². The molecule has 0 aromatic carbocycles. The van der Waals surface area contributed by atoms with Gasteiger partial charge in [-0.3, -0.25) is 27.7 Å². The van der Waals surface area contributed by atoms with Gasteiger partial charge in [-0.05, 0) is 70.6 Å². The second kappa shape index (κ2) is 44.5. The summed E-state index contributed by atoms with van der Waals surface area (Å²) in [5.74, 6) is -1.05. The molecule has 0 saturated heterocycles. The number of esters is 2. The molecule has 5 N–H and O–H groups in total. The van der Waals surface area contributed by atoms with Gasteiger partial charge in [-0.25, -0.2) is 9.13 Å². The van der Waals surface area contributed by atoms with Crippen molar-refractivity contribution < 1.29 is 71.4 Å². The summed E-state index contributed by atoms with van der Waals surface area (Å²) in [5, 5.41) is 30.0. The lowest BCUT2D eigenvalue weighted by atomic mass is 10.1. The summed E-state index contributed by atoms with van der Waals surface area (Å²) in [6, 6.07) is 0. The van der Waals surface area contributed by atoms with Gasteiger partial charge in [0.05, 0.1) is 26.4 Å². The number of carbonyl (C=O) groups excluding carboxylic acids is 2. The van der Waals surface area contributed by atoms with Gasteiger partial charge in [0.2, 0.25) is 0 Å². The number of allylic oxidation sites excluding steroid dienone is 16. The quantitative estimate of drug-likeness (QED) is 0.0126. The summed E-state index contributed by atoms with van der Waals surface area (Å²) in [5.41, 5.74) is 0. The van der Waals surface area contributed by atoms with Crippen molar-refractivity contribution in [2.45, 2.75) is 161 Å². The highest BCUT2D eigenvalue weighted by molar-refractivity contribution is 7.47. The van der Waals surface area contributed by atoms with Crippen LogP contribution >= 0.6 is 15.6 Å². The molecule has 0 amide bonds. The molecule has 0 saturated carbocycles. The maximum Gasteiger partial charge on any atom is 0.472 e. The Morgan fingerprint density at radius 1 is 0.424 bits per heavy atom. The Labute approximate surface area is 395 Å². The van der Waals surface area contributed by atoms with Crippen LogP contribution < -0.4 is 0 Å². The second-order valence-corrected chi connectivity index (χ2v) is 18.4. The van der Waals surface area contributed by atoms with Gasteiger partial charge in [0, 0.05) is 12.8 Å².